The predicted octanol–water partition coefficient (Wildman–Crippen LogP) is 6.22. The molecule has 0 aliphatic rings. The molecule has 120 valence electrons. The number of aryl methyl sites for hydroxylation is 1. The molecule has 1 unspecified atom stereocenters. The van der Waals surface area contributed by atoms with Crippen LogP contribution >= 0.6 is 17.6 Å². The summed E-state index contributed by atoms with van der Waals surface area (Å²) in [6.45, 7) is 5.68. The summed E-state index contributed by atoms with van der Waals surface area (Å²) in [6, 6.07) is 18.5. The van der Waals surface area contributed by atoms with E-state index in [0.717, 1.165) is 17.3 Å². The van der Waals surface area contributed by atoms with Gasteiger partial charge in [-0.2, -0.15) is 5.26 Å². The number of hydrogen-bond acceptors (Lipinski definition) is 2. The maximum Gasteiger partial charge on any atom is 0.0991 e. The van der Waals surface area contributed by atoms with Crippen molar-refractivity contribution in [2.45, 2.75) is 19.8 Å². The Labute approximate surface area is 148 Å². The smallest absolute Gasteiger partial charge is 0.0991 e. The Bertz CT molecular complexity index is 774. The lowest BCUT2D eigenvalue weighted by atomic mass is 10.0. The van der Waals surface area contributed by atoms with E-state index in [-0.39, 0.29) is 0 Å². The van der Waals surface area contributed by atoms with Gasteiger partial charge in [-0.3, -0.25) is 5.16 Å². The molecular formula is C20H20N2P2. The van der Waals surface area contributed by atoms with Gasteiger partial charge in [-0.05, 0) is 40.9 Å². The molecule has 2 aromatic carbocycles. The molecule has 2 aromatic rings. The Morgan fingerprint density at radius 3 is 2.04 bits per heavy atom. The van der Waals surface area contributed by atoms with Crippen LogP contribution in [-0.2, 0) is 6.42 Å². The zero-order valence-electron chi connectivity index (χ0n) is 13.7. The Morgan fingerprint density at radius 2 is 1.67 bits per heavy atom. The third-order valence-corrected chi connectivity index (χ3v) is 3.48. The minimum Gasteiger partial charge on any atom is -0.272 e. The Balaban J connectivity index is 0.000000351. The summed E-state index contributed by atoms with van der Waals surface area (Å²) < 4.78 is 0. The van der Waals surface area contributed by atoms with Gasteiger partial charge in [-0.15, -0.1) is 0 Å². The first-order valence-electron chi connectivity index (χ1n) is 7.52. The lowest BCUT2D eigenvalue weighted by Gasteiger charge is -2.03. The van der Waals surface area contributed by atoms with Crippen LogP contribution in [0.4, 0.5) is 0 Å². The predicted molar refractivity (Wildman–Crippen MR) is 107 cm³/mol. The van der Waals surface area contributed by atoms with Gasteiger partial charge < -0.3 is 0 Å². The van der Waals surface area contributed by atoms with Crippen molar-refractivity contribution in [3.8, 4) is 28.8 Å². The quantitative estimate of drug-likeness (QED) is 0.518. The first-order chi connectivity index (χ1) is 11.6. The fourth-order valence-corrected chi connectivity index (χ4v) is 2.38. The third kappa shape index (κ3) is 7.35. The van der Waals surface area contributed by atoms with Crippen LogP contribution in [0.25, 0.3) is 11.1 Å². The monoisotopic (exact) mass is 350 g/mol. The van der Waals surface area contributed by atoms with Gasteiger partial charge in [0.05, 0.1) is 20.0 Å². The van der Waals surface area contributed by atoms with E-state index < -0.39 is 0 Å². The Morgan fingerprint density at radius 1 is 1.12 bits per heavy atom. The van der Waals surface area contributed by atoms with Crippen LogP contribution in [-0.4, -0.2) is 0 Å². The van der Waals surface area contributed by atoms with Gasteiger partial charge in [0.25, 0.3) is 0 Å². The molecule has 0 amide bonds. The lowest BCUT2D eigenvalue weighted by Crippen LogP contribution is -1.84. The van der Waals surface area contributed by atoms with Crippen molar-refractivity contribution < 1.29 is 0 Å². The molecule has 0 saturated heterocycles. The molecule has 0 saturated carbocycles. The second-order valence-corrected chi connectivity index (χ2v) is 6.15. The van der Waals surface area contributed by atoms with Gasteiger partial charge in [0.2, 0.25) is 0 Å². The molecule has 0 heterocycles. The molecule has 1 atom stereocenters. The van der Waals surface area contributed by atoms with Crippen LogP contribution < -0.4 is 0 Å². The van der Waals surface area contributed by atoms with Gasteiger partial charge in [-0.1, -0.05) is 71.5 Å². The molecule has 0 fully saturated rings. The molecular weight excluding hydrogens is 330 g/mol. The summed E-state index contributed by atoms with van der Waals surface area (Å²) in [7, 11) is 2.71. The second kappa shape index (κ2) is 11.3. The molecule has 0 spiro atoms. The number of benzene rings is 2. The van der Waals surface area contributed by atoms with E-state index in [9.17, 15) is 0 Å². The standard InChI is InChI=1S/C16H15N.C4H5NP2/c1-2-3-13-4-8-15(9-5-13)16-10-6-14(12-17)7-11-16;1-4(6)2-3-7-5/h4-11H,2-3H2,1H3;5H,1,6H2. The van der Waals surface area contributed by atoms with Crippen molar-refractivity contribution in [1.82, 2.24) is 0 Å². The lowest BCUT2D eigenvalue weighted by molar-refractivity contribution is 0.922. The van der Waals surface area contributed by atoms with E-state index >= 15 is 0 Å². The van der Waals surface area contributed by atoms with E-state index in [2.05, 4.69) is 64.7 Å². The average Bonchev–Trinajstić information content (AvgIpc) is 2.61. The molecule has 2 nitrogen and oxygen atoms in total. The molecule has 0 bridgehead atoms. The van der Waals surface area contributed by atoms with E-state index in [0.29, 0.717) is 13.9 Å². The summed E-state index contributed by atoms with van der Waals surface area (Å²) in [5.74, 6) is 2.61. The molecule has 0 aliphatic carbocycles. The number of hydrogen-bond donors (Lipinski definition) is 1. The highest BCUT2D eigenvalue weighted by Crippen LogP contribution is 2.20. The molecule has 0 radical (unpaired) electrons. The molecule has 0 aliphatic heterocycles. The van der Waals surface area contributed by atoms with Crippen molar-refractivity contribution in [3.63, 3.8) is 0 Å². The minimum atomic E-state index is 0.355. The normalized spacial score (nSPS) is 9.04. The summed E-state index contributed by atoms with van der Waals surface area (Å²) in [4.78, 5) is 0. The molecule has 24 heavy (non-hydrogen) atoms. The largest absolute Gasteiger partial charge is 0.272 e. The minimum absolute atomic E-state index is 0.355. The average molecular weight is 350 g/mol. The first kappa shape index (κ1) is 19.8. The van der Waals surface area contributed by atoms with Crippen LogP contribution in [0, 0.1) is 28.1 Å². The van der Waals surface area contributed by atoms with Crippen LogP contribution in [0.2, 0.25) is 0 Å². The fraction of sp³-hybridized carbons (Fsp3) is 0.150. The van der Waals surface area contributed by atoms with Crippen molar-refractivity contribution in [2.75, 3.05) is 0 Å². The Kier molecular flexibility index (Phi) is 9.34. The van der Waals surface area contributed by atoms with Gasteiger partial charge in [-0.25, -0.2) is 0 Å². The number of allylic oxidation sites excluding steroid dienone is 1. The maximum absolute atomic E-state index is 8.74. The van der Waals surface area contributed by atoms with Crippen molar-refractivity contribution >= 4 is 17.6 Å². The highest BCUT2D eigenvalue weighted by molar-refractivity contribution is 7.31. The van der Waals surface area contributed by atoms with Gasteiger partial charge in [0.1, 0.15) is 0 Å². The zero-order chi connectivity index (χ0) is 17.8. The Hall–Kier alpha value is -2.24. The van der Waals surface area contributed by atoms with Crippen molar-refractivity contribution in [1.29, 1.82) is 10.4 Å². The van der Waals surface area contributed by atoms with Crippen LogP contribution in [0.5, 0.6) is 0 Å². The summed E-state index contributed by atoms with van der Waals surface area (Å²) >= 11 is 0. The van der Waals surface area contributed by atoms with Crippen LogP contribution in [0.15, 0.2) is 60.4 Å². The molecule has 2 rings (SSSR count). The number of rotatable bonds is 3. The number of nitriles is 1. The SMILES string of the molecule is C=C(P)C#CP=N.CCCc1ccc(-c2ccc(C#N)cc2)cc1. The highest BCUT2D eigenvalue weighted by atomic mass is 31.1. The van der Waals surface area contributed by atoms with E-state index in [1.807, 2.05) is 24.3 Å². The molecule has 1 N–H and O–H groups in total. The maximum atomic E-state index is 8.74. The second-order valence-electron chi connectivity index (χ2n) is 5.01. The van der Waals surface area contributed by atoms with E-state index in [4.69, 9.17) is 10.4 Å². The van der Waals surface area contributed by atoms with Gasteiger partial charge in [0, 0.05) is 5.31 Å². The summed E-state index contributed by atoms with van der Waals surface area (Å²) in [5.41, 5.74) is 6.96. The number of nitrogens with zero attached hydrogens (tertiary/aromatic N) is 1. The van der Waals surface area contributed by atoms with Crippen LogP contribution in [0.1, 0.15) is 24.5 Å². The summed E-state index contributed by atoms with van der Waals surface area (Å²) in [6.07, 6.45) is 2.31. The molecule has 4 heteroatoms. The summed E-state index contributed by atoms with van der Waals surface area (Å²) in [5, 5.41) is 16.0. The van der Waals surface area contributed by atoms with E-state index in [1.54, 1.807) is 0 Å². The van der Waals surface area contributed by atoms with Crippen molar-refractivity contribution in [3.05, 3.63) is 71.6 Å². The van der Waals surface area contributed by atoms with E-state index in [1.165, 1.54) is 17.5 Å². The fourth-order valence-electron chi connectivity index (χ4n) is 1.99. The highest BCUT2D eigenvalue weighted by Gasteiger charge is 1.98. The number of nitrogens with one attached hydrogen (secondary N) is 1. The van der Waals surface area contributed by atoms with Gasteiger partial charge >= 0.3 is 0 Å². The van der Waals surface area contributed by atoms with Crippen molar-refractivity contribution in [2.24, 2.45) is 0 Å². The third-order valence-electron chi connectivity index (χ3n) is 3.11. The zero-order valence-corrected chi connectivity index (χ0v) is 15.8. The van der Waals surface area contributed by atoms with Crippen LogP contribution in [0.3, 0.4) is 0 Å². The topological polar surface area (TPSA) is 47.6 Å². The molecule has 0 aromatic heterocycles. The van der Waals surface area contributed by atoms with Gasteiger partial charge in [0.15, 0.2) is 0 Å². The first-order valence-corrected chi connectivity index (χ1v) is 8.99.